The number of nitrogens with zero attached hydrogens (tertiary/aromatic N) is 4. The lowest BCUT2D eigenvalue weighted by Crippen LogP contribution is -2.22. The van der Waals surface area contributed by atoms with E-state index in [4.69, 9.17) is 4.74 Å². The van der Waals surface area contributed by atoms with Crippen LogP contribution in [0, 0.1) is 13.8 Å². The van der Waals surface area contributed by atoms with Crippen molar-refractivity contribution in [3.05, 3.63) is 91.7 Å². The summed E-state index contributed by atoms with van der Waals surface area (Å²) < 4.78 is 9.05. The number of carbonyl (C=O) groups is 1. The van der Waals surface area contributed by atoms with Gasteiger partial charge in [0.15, 0.2) is 0 Å². The molecule has 4 rings (SSSR count). The molecule has 0 bridgehead atoms. The number of methoxy groups -OCH3 is 1. The van der Waals surface area contributed by atoms with Crippen LogP contribution in [-0.4, -0.2) is 33.5 Å². The minimum absolute atomic E-state index is 0.214. The fourth-order valence-corrected chi connectivity index (χ4v) is 4.23. The summed E-state index contributed by atoms with van der Waals surface area (Å²) in [5, 5.41) is 5.01. The van der Waals surface area contributed by atoms with Crippen LogP contribution in [0.25, 0.3) is 16.6 Å². The van der Waals surface area contributed by atoms with Gasteiger partial charge in [-0.3, -0.25) is 4.79 Å². The van der Waals surface area contributed by atoms with Crippen LogP contribution in [0.5, 0.6) is 0 Å². The number of esters is 1. The van der Waals surface area contributed by atoms with Gasteiger partial charge in [-0.2, -0.15) is 9.78 Å². The van der Waals surface area contributed by atoms with Gasteiger partial charge in [-0.15, -0.1) is 0 Å². The molecule has 0 amide bonds. The van der Waals surface area contributed by atoms with Crippen molar-refractivity contribution in [1.82, 2.24) is 14.2 Å². The van der Waals surface area contributed by atoms with Crippen molar-refractivity contribution >= 4 is 39.0 Å². The van der Waals surface area contributed by atoms with Crippen molar-refractivity contribution in [2.75, 3.05) is 7.11 Å². The number of hydrogen-bond donors (Lipinski definition) is 0. The fraction of sp³-hybridized carbons (Fsp3) is 0.200. The maximum atomic E-state index is 13.1. The molecule has 168 valence electrons. The van der Waals surface area contributed by atoms with Gasteiger partial charge in [-0.1, -0.05) is 28.9 Å². The fourth-order valence-electron chi connectivity index (χ4n) is 3.87. The lowest BCUT2D eigenvalue weighted by atomic mass is 10.2. The van der Waals surface area contributed by atoms with Crippen molar-refractivity contribution in [3.8, 4) is 5.69 Å². The van der Waals surface area contributed by atoms with Crippen molar-refractivity contribution < 1.29 is 9.53 Å². The molecule has 2 heterocycles. The summed E-state index contributed by atoms with van der Waals surface area (Å²) in [6.07, 6.45) is 2.24. The third-order valence-corrected chi connectivity index (χ3v) is 5.99. The van der Waals surface area contributed by atoms with Crippen LogP contribution < -0.4 is 5.56 Å². The molecule has 0 aliphatic carbocycles. The highest BCUT2D eigenvalue weighted by Crippen LogP contribution is 2.21. The summed E-state index contributed by atoms with van der Waals surface area (Å²) in [6, 6.07) is 14.7. The monoisotopic (exact) mass is 506 g/mol. The zero-order valence-corrected chi connectivity index (χ0v) is 20.4. The van der Waals surface area contributed by atoms with Gasteiger partial charge < -0.3 is 9.30 Å². The highest BCUT2D eigenvalue weighted by Gasteiger charge is 2.13. The maximum absolute atomic E-state index is 13.1. The SMILES string of the molecule is CCc1nc2ccc(Br)cc2c(=O)n1N=Cc1cc(C)n(-c2cccc(C(=O)OC)c2)c1C. The standard InChI is InChI=1S/C25H23BrN4O3/c1-5-23-28-22-10-9-19(26)13-21(22)24(31)30(23)27-14-18-11-15(2)29(16(18)3)20-8-6-7-17(12-20)25(32)33-4/h6-14H,5H2,1-4H3. The van der Waals surface area contributed by atoms with E-state index >= 15 is 0 Å². The van der Waals surface area contributed by atoms with Crippen LogP contribution in [-0.2, 0) is 11.2 Å². The number of aromatic nitrogens is 3. The highest BCUT2D eigenvalue weighted by atomic mass is 79.9. The van der Waals surface area contributed by atoms with Gasteiger partial charge in [0.1, 0.15) is 5.82 Å². The van der Waals surface area contributed by atoms with Gasteiger partial charge in [-0.05, 0) is 56.3 Å². The van der Waals surface area contributed by atoms with Crippen LogP contribution in [0.1, 0.15) is 40.1 Å². The van der Waals surface area contributed by atoms with Gasteiger partial charge in [0.05, 0.1) is 29.8 Å². The highest BCUT2D eigenvalue weighted by molar-refractivity contribution is 9.10. The van der Waals surface area contributed by atoms with E-state index in [0.717, 1.165) is 27.1 Å². The molecule has 0 aliphatic rings. The predicted octanol–water partition coefficient (Wildman–Crippen LogP) is 4.80. The molecule has 0 fully saturated rings. The molecule has 0 N–H and O–H groups in total. The molecular weight excluding hydrogens is 484 g/mol. The number of rotatable bonds is 5. The van der Waals surface area contributed by atoms with Gasteiger partial charge in [-0.25, -0.2) is 9.78 Å². The van der Waals surface area contributed by atoms with E-state index < -0.39 is 0 Å². The van der Waals surface area contributed by atoms with Gasteiger partial charge in [0.25, 0.3) is 5.56 Å². The Balaban J connectivity index is 1.78. The number of ether oxygens (including phenoxy) is 1. The third kappa shape index (κ3) is 4.26. The molecule has 4 aromatic rings. The van der Waals surface area contributed by atoms with Crippen LogP contribution in [0.2, 0.25) is 0 Å². The number of halogens is 1. The summed E-state index contributed by atoms with van der Waals surface area (Å²) in [5.74, 6) is 0.202. The summed E-state index contributed by atoms with van der Waals surface area (Å²) in [4.78, 5) is 29.7. The summed E-state index contributed by atoms with van der Waals surface area (Å²) in [7, 11) is 1.36. The van der Waals surface area contributed by atoms with E-state index in [-0.39, 0.29) is 11.5 Å². The molecule has 0 atom stereocenters. The first-order chi connectivity index (χ1) is 15.8. The summed E-state index contributed by atoms with van der Waals surface area (Å²) in [6.45, 7) is 5.89. The smallest absolute Gasteiger partial charge is 0.337 e. The first-order valence-electron chi connectivity index (χ1n) is 10.5. The van der Waals surface area contributed by atoms with Gasteiger partial charge in [0, 0.05) is 33.5 Å². The molecule has 0 spiro atoms. The Morgan fingerprint density at radius 1 is 1.18 bits per heavy atom. The molecule has 2 aromatic carbocycles. The second-order valence-electron chi connectivity index (χ2n) is 7.61. The molecule has 0 radical (unpaired) electrons. The molecule has 0 saturated heterocycles. The topological polar surface area (TPSA) is 78.5 Å². The predicted molar refractivity (Wildman–Crippen MR) is 133 cm³/mol. The Hall–Kier alpha value is -3.52. The Labute approximate surface area is 199 Å². The summed E-state index contributed by atoms with van der Waals surface area (Å²) >= 11 is 3.42. The van der Waals surface area contributed by atoms with Crippen molar-refractivity contribution in [2.24, 2.45) is 5.10 Å². The number of carbonyl (C=O) groups excluding carboxylic acids is 1. The Bertz CT molecular complexity index is 1470. The molecule has 7 nitrogen and oxygen atoms in total. The lowest BCUT2D eigenvalue weighted by Gasteiger charge is -2.11. The second kappa shape index (κ2) is 9.15. The van der Waals surface area contributed by atoms with Gasteiger partial charge in [0.2, 0.25) is 0 Å². The molecular formula is C25H23BrN4O3. The largest absolute Gasteiger partial charge is 0.465 e. The van der Waals surface area contributed by atoms with E-state index in [1.807, 2.05) is 55.7 Å². The molecule has 2 aromatic heterocycles. The zero-order chi connectivity index (χ0) is 23.7. The average molecular weight is 507 g/mol. The van der Waals surface area contributed by atoms with E-state index in [1.54, 1.807) is 24.4 Å². The first-order valence-corrected chi connectivity index (χ1v) is 11.3. The third-order valence-electron chi connectivity index (χ3n) is 5.50. The van der Waals surface area contributed by atoms with E-state index in [0.29, 0.717) is 28.7 Å². The number of fused-ring (bicyclic) bond motifs is 1. The summed E-state index contributed by atoms with van der Waals surface area (Å²) in [5.41, 5.74) is 4.52. The number of benzene rings is 2. The minimum atomic E-state index is -0.386. The van der Waals surface area contributed by atoms with Crippen LogP contribution in [0.4, 0.5) is 0 Å². The maximum Gasteiger partial charge on any atom is 0.337 e. The Kier molecular flexibility index (Phi) is 6.29. The molecule has 0 saturated carbocycles. The Morgan fingerprint density at radius 2 is 1.97 bits per heavy atom. The first kappa shape index (κ1) is 22.7. The Morgan fingerprint density at radius 3 is 2.70 bits per heavy atom. The quantitative estimate of drug-likeness (QED) is 0.287. The van der Waals surface area contributed by atoms with E-state index in [9.17, 15) is 9.59 Å². The average Bonchev–Trinajstić information content (AvgIpc) is 3.10. The van der Waals surface area contributed by atoms with Crippen molar-refractivity contribution in [3.63, 3.8) is 0 Å². The number of aryl methyl sites for hydroxylation is 2. The molecule has 33 heavy (non-hydrogen) atoms. The molecule has 8 heteroatoms. The van der Waals surface area contributed by atoms with Crippen LogP contribution >= 0.6 is 15.9 Å². The zero-order valence-electron chi connectivity index (χ0n) is 18.8. The van der Waals surface area contributed by atoms with Crippen molar-refractivity contribution in [1.29, 1.82) is 0 Å². The minimum Gasteiger partial charge on any atom is -0.465 e. The molecule has 0 unspecified atom stereocenters. The van der Waals surface area contributed by atoms with E-state index in [2.05, 4.69) is 26.0 Å². The number of hydrogen-bond acceptors (Lipinski definition) is 5. The van der Waals surface area contributed by atoms with E-state index in [1.165, 1.54) is 11.8 Å². The lowest BCUT2D eigenvalue weighted by molar-refractivity contribution is 0.0600. The van der Waals surface area contributed by atoms with Gasteiger partial charge >= 0.3 is 5.97 Å². The second-order valence-corrected chi connectivity index (χ2v) is 8.52. The molecule has 0 aliphatic heterocycles. The van der Waals surface area contributed by atoms with Crippen LogP contribution in [0.3, 0.4) is 0 Å². The normalized spacial score (nSPS) is 11.4. The van der Waals surface area contributed by atoms with Crippen molar-refractivity contribution in [2.45, 2.75) is 27.2 Å². The van der Waals surface area contributed by atoms with Crippen LogP contribution in [0.15, 0.2) is 62.9 Å².